The van der Waals surface area contributed by atoms with Crippen LogP contribution in [0.5, 0.6) is 0 Å². The topological polar surface area (TPSA) is 67.6 Å². The highest BCUT2D eigenvalue weighted by Crippen LogP contribution is 2.22. The number of hydrogen-bond acceptors (Lipinski definition) is 5. The van der Waals surface area contributed by atoms with Crippen molar-refractivity contribution in [3.63, 3.8) is 0 Å². The van der Waals surface area contributed by atoms with Gasteiger partial charge in [-0.25, -0.2) is 0 Å². The lowest BCUT2D eigenvalue weighted by atomic mass is 10.3. The molecule has 2 heterocycles. The van der Waals surface area contributed by atoms with E-state index in [-0.39, 0.29) is 11.6 Å². The molecule has 1 saturated heterocycles. The summed E-state index contributed by atoms with van der Waals surface area (Å²) in [6, 6.07) is 8.65. The minimum atomic E-state index is -0.355. The van der Waals surface area contributed by atoms with Crippen molar-refractivity contribution in [2.24, 2.45) is 0 Å². The summed E-state index contributed by atoms with van der Waals surface area (Å²) in [4.78, 5) is 14.1. The Labute approximate surface area is 126 Å². The molecule has 0 saturated carbocycles. The number of hydrogen-bond donors (Lipinski definition) is 1. The molecule has 1 N–H and O–H groups in total. The van der Waals surface area contributed by atoms with Crippen molar-refractivity contribution in [1.29, 1.82) is 0 Å². The number of nitrogens with one attached hydrogen (secondary N) is 1. The van der Waals surface area contributed by atoms with Crippen molar-refractivity contribution >= 4 is 29.1 Å². The summed E-state index contributed by atoms with van der Waals surface area (Å²) in [5, 5.41) is 6.99. The first kappa shape index (κ1) is 13.9. The first-order chi connectivity index (χ1) is 10.2. The van der Waals surface area contributed by atoms with Crippen LogP contribution in [0.4, 0.5) is 11.6 Å². The Morgan fingerprint density at radius 3 is 2.81 bits per heavy atom. The predicted octanol–water partition coefficient (Wildman–Crippen LogP) is 2.42. The molecule has 3 rings (SSSR count). The molecular weight excluding hydrogens is 294 g/mol. The van der Waals surface area contributed by atoms with Gasteiger partial charge >= 0.3 is 0 Å². The quantitative estimate of drug-likeness (QED) is 0.943. The van der Waals surface area contributed by atoms with Gasteiger partial charge in [0.2, 0.25) is 5.88 Å². The third kappa shape index (κ3) is 3.17. The molecule has 7 heteroatoms. The van der Waals surface area contributed by atoms with Crippen molar-refractivity contribution in [2.75, 3.05) is 36.5 Å². The van der Waals surface area contributed by atoms with Gasteiger partial charge in [0, 0.05) is 19.2 Å². The molecule has 0 radical (unpaired) electrons. The van der Waals surface area contributed by atoms with Crippen LogP contribution in [0.15, 0.2) is 34.9 Å². The number of ether oxygens (including phenoxy) is 1. The van der Waals surface area contributed by atoms with Gasteiger partial charge < -0.3 is 19.5 Å². The fourth-order valence-electron chi connectivity index (χ4n) is 2.05. The number of aromatic nitrogens is 1. The lowest BCUT2D eigenvalue weighted by Gasteiger charge is -2.25. The average molecular weight is 308 g/mol. The van der Waals surface area contributed by atoms with Gasteiger partial charge in [-0.2, -0.15) is 0 Å². The number of morpholine rings is 1. The number of carbonyl (C=O) groups is 1. The van der Waals surface area contributed by atoms with Gasteiger partial charge in [0.05, 0.1) is 23.9 Å². The summed E-state index contributed by atoms with van der Waals surface area (Å²) in [5.41, 5.74) is 0.761. The molecule has 1 aromatic heterocycles. The van der Waals surface area contributed by atoms with Crippen LogP contribution in [0.2, 0.25) is 5.02 Å². The van der Waals surface area contributed by atoms with Crippen LogP contribution >= 0.6 is 11.6 Å². The third-order valence-corrected chi connectivity index (χ3v) is 3.50. The van der Waals surface area contributed by atoms with Crippen molar-refractivity contribution in [1.82, 2.24) is 5.16 Å². The van der Waals surface area contributed by atoms with E-state index in [4.69, 9.17) is 20.9 Å². The molecule has 0 atom stereocenters. The van der Waals surface area contributed by atoms with Gasteiger partial charge in [-0.3, -0.25) is 4.79 Å². The number of nitrogens with zero attached hydrogens (tertiary/aromatic N) is 2. The highest BCUT2D eigenvalue weighted by atomic mass is 35.5. The summed E-state index contributed by atoms with van der Waals surface area (Å²) < 4.78 is 10.5. The number of amides is 1. The molecule has 0 aliphatic carbocycles. The first-order valence-corrected chi connectivity index (χ1v) is 6.97. The molecule has 0 bridgehead atoms. The Bertz CT molecular complexity index is 638. The minimum absolute atomic E-state index is 0.219. The first-order valence-electron chi connectivity index (χ1n) is 6.59. The van der Waals surface area contributed by atoms with Crippen molar-refractivity contribution in [3.8, 4) is 0 Å². The maximum atomic E-state index is 12.1. The van der Waals surface area contributed by atoms with E-state index in [0.29, 0.717) is 29.8 Å². The number of benzene rings is 1. The third-order valence-electron chi connectivity index (χ3n) is 3.18. The summed E-state index contributed by atoms with van der Waals surface area (Å²) in [6.45, 7) is 2.73. The second-order valence-electron chi connectivity index (χ2n) is 4.58. The van der Waals surface area contributed by atoms with Crippen molar-refractivity contribution in [2.45, 2.75) is 0 Å². The van der Waals surface area contributed by atoms with Crippen molar-refractivity contribution in [3.05, 3.63) is 41.0 Å². The molecule has 1 aliphatic heterocycles. The molecule has 0 spiro atoms. The van der Waals surface area contributed by atoms with Gasteiger partial charge in [-0.05, 0) is 12.1 Å². The molecular formula is C14H14ClN3O3. The van der Waals surface area contributed by atoms with Gasteiger partial charge in [-0.15, -0.1) is 0 Å². The summed E-state index contributed by atoms with van der Waals surface area (Å²) in [6.07, 6.45) is 0. The van der Waals surface area contributed by atoms with E-state index in [1.165, 1.54) is 0 Å². The van der Waals surface area contributed by atoms with Crippen LogP contribution in [0.1, 0.15) is 10.5 Å². The second kappa shape index (κ2) is 6.15. The Hall–Kier alpha value is -2.05. The zero-order chi connectivity index (χ0) is 14.7. The molecule has 21 heavy (non-hydrogen) atoms. The van der Waals surface area contributed by atoms with Crippen LogP contribution in [0.25, 0.3) is 0 Å². The van der Waals surface area contributed by atoms with Crippen LogP contribution in [-0.4, -0.2) is 37.4 Å². The zero-order valence-corrected chi connectivity index (χ0v) is 12.0. The molecule has 1 amide bonds. The second-order valence-corrected chi connectivity index (χ2v) is 4.99. The van der Waals surface area contributed by atoms with E-state index in [1.54, 1.807) is 30.3 Å². The van der Waals surface area contributed by atoms with E-state index in [2.05, 4.69) is 10.5 Å². The molecule has 6 nitrogen and oxygen atoms in total. The predicted molar refractivity (Wildman–Crippen MR) is 78.9 cm³/mol. The summed E-state index contributed by atoms with van der Waals surface area (Å²) >= 11 is 6.00. The standard InChI is InChI=1S/C14H14ClN3O3/c15-10-3-1-2-4-11(10)16-14(19)12-9-13(21-17-12)18-5-7-20-8-6-18/h1-4,9H,5-8H2,(H,16,19). The van der Waals surface area contributed by atoms with Gasteiger partial charge in [0.25, 0.3) is 5.91 Å². The average Bonchev–Trinajstić information content (AvgIpc) is 3.00. The number of rotatable bonds is 3. The van der Waals surface area contributed by atoms with E-state index in [1.807, 2.05) is 4.90 Å². The van der Waals surface area contributed by atoms with Crippen molar-refractivity contribution < 1.29 is 14.1 Å². The van der Waals surface area contributed by atoms with Gasteiger partial charge in [0.15, 0.2) is 5.69 Å². The normalized spacial score (nSPS) is 15.0. The zero-order valence-electron chi connectivity index (χ0n) is 11.2. The lowest BCUT2D eigenvalue weighted by Crippen LogP contribution is -2.35. The SMILES string of the molecule is O=C(Nc1ccccc1Cl)c1cc(N2CCOCC2)on1. The maximum Gasteiger partial charge on any atom is 0.277 e. The number of para-hydroxylation sites is 1. The van der Waals surface area contributed by atoms with Gasteiger partial charge in [0.1, 0.15) is 0 Å². The van der Waals surface area contributed by atoms with Gasteiger partial charge in [-0.1, -0.05) is 28.9 Å². The van der Waals surface area contributed by atoms with E-state index < -0.39 is 0 Å². The Morgan fingerprint density at radius 1 is 1.29 bits per heavy atom. The molecule has 2 aromatic rings. The van der Waals surface area contributed by atoms with Crippen LogP contribution in [-0.2, 0) is 4.74 Å². The Kier molecular flexibility index (Phi) is 4.08. The largest absolute Gasteiger partial charge is 0.378 e. The number of halogens is 1. The fraction of sp³-hybridized carbons (Fsp3) is 0.286. The smallest absolute Gasteiger partial charge is 0.277 e. The Morgan fingerprint density at radius 2 is 2.05 bits per heavy atom. The van der Waals surface area contributed by atoms with Crippen LogP contribution < -0.4 is 10.2 Å². The highest BCUT2D eigenvalue weighted by molar-refractivity contribution is 6.33. The Balaban J connectivity index is 1.71. The molecule has 1 fully saturated rings. The van der Waals surface area contributed by atoms with E-state index in [9.17, 15) is 4.79 Å². The highest BCUT2D eigenvalue weighted by Gasteiger charge is 2.19. The molecule has 1 aliphatic rings. The monoisotopic (exact) mass is 307 g/mol. The fourth-order valence-corrected chi connectivity index (χ4v) is 2.24. The van der Waals surface area contributed by atoms with E-state index >= 15 is 0 Å². The van der Waals surface area contributed by atoms with Crippen LogP contribution in [0, 0.1) is 0 Å². The molecule has 0 unspecified atom stereocenters. The molecule has 1 aromatic carbocycles. The van der Waals surface area contributed by atoms with E-state index in [0.717, 1.165) is 13.1 Å². The summed E-state index contributed by atoms with van der Waals surface area (Å²) in [7, 11) is 0. The minimum Gasteiger partial charge on any atom is -0.378 e. The maximum absolute atomic E-state index is 12.1. The lowest BCUT2D eigenvalue weighted by molar-refractivity contribution is 0.101. The molecule has 110 valence electrons. The van der Waals surface area contributed by atoms with Crippen LogP contribution in [0.3, 0.4) is 0 Å². The summed E-state index contributed by atoms with van der Waals surface area (Å²) in [5.74, 6) is 0.217. The number of anilines is 2. The number of carbonyl (C=O) groups excluding carboxylic acids is 1.